The minimum absolute atomic E-state index is 0.451. The van der Waals surface area contributed by atoms with Crippen LogP contribution in [-0.4, -0.2) is 20.9 Å². The van der Waals surface area contributed by atoms with E-state index in [0.29, 0.717) is 11.4 Å². The van der Waals surface area contributed by atoms with E-state index in [-0.39, 0.29) is 0 Å². The highest BCUT2D eigenvalue weighted by Gasteiger charge is 2.07. The zero-order valence-corrected chi connectivity index (χ0v) is 15.8. The van der Waals surface area contributed by atoms with Gasteiger partial charge >= 0.3 is 0 Å². The molecule has 0 atom stereocenters. The van der Waals surface area contributed by atoms with Crippen LogP contribution in [0.25, 0.3) is 22.5 Å². The number of hydrogen-bond acceptors (Lipinski definition) is 5. The van der Waals surface area contributed by atoms with Gasteiger partial charge in [0.2, 0.25) is 5.91 Å². The van der Waals surface area contributed by atoms with Crippen LogP contribution >= 0.6 is 0 Å². The molecule has 142 valence electrons. The summed E-state index contributed by atoms with van der Waals surface area (Å²) < 4.78 is 0. The first-order valence-corrected chi connectivity index (χ1v) is 9.11. The molecule has 0 aliphatic heterocycles. The van der Waals surface area contributed by atoms with Gasteiger partial charge in [0.05, 0.1) is 11.4 Å². The number of aromatic nitrogens is 3. The number of carbonyl (C=O) groups excluding carboxylic acids is 1. The second kappa shape index (κ2) is 7.90. The van der Waals surface area contributed by atoms with Gasteiger partial charge in [-0.3, -0.25) is 9.78 Å². The molecule has 6 heteroatoms. The van der Waals surface area contributed by atoms with Gasteiger partial charge in [0, 0.05) is 34.6 Å². The number of hydrogen-bond donors (Lipinski definition) is 2. The van der Waals surface area contributed by atoms with Crippen molar-refractivity contribution in [3.8, 4) is 22.5 Å². The maximum atomic E-state index is 11.3. The molecule has 0 bridgehead atoms. The lowest BCUT2D eigenvalue weighted by atomic mass is 10.1. The number of anilines is 2. The quantitative estimate of drug-likeness (QED) is 0.536. The summed E-state index contributed by atoms with van der Waals surface area (Å²) in [6.45, 7) is 2.05. The largest absolute Gasteiger partial charge is 0.366 e. The molecule has 6 nitrogen and oxygen atoms in total. The topological polar surface area (TPSA) is 93.8 Å². The van der Waals surface area contributed by atoms with E-state index in [1.165, 1.54) is 11.9 Å². The number of rotatable bonds is 5. The van der Waals surface area contributed by atoms with Crippen molar-refractivity contribution in [2.24, 2.45) is 5.73 Å². The van der Waals surface area contributed by atoms with E-state index < -0.39 is 5.91 Å². The minimum Gasteiger partial charge on any atom is -0.366 e. The molecule has 0 radical (unpaired) electrons. The van der Waals surface area contributed by atoms with Crippen molar-refractivity contribution in [2.45, 2.75) is 6.92 Å². The number of benzene rings is 2. The maximum Gasteiger partial charge on any atom is 0.248 e. The third kappa shape index (κ3) is 4.27. The molecule has 4 rings (SSSR count). The Morgan fingerprint density at radius 3 is 2.28 bits per heavy atom. The predicted octanol–water partition coefficient (Wildman–Crippen LogP) is 4.36. The van der Waals surface area contributed by atoms with Gasteiger partial charge in [0.1, 0.15) is 12.1 Å². The molecule has 4 aromatic rings. The number of aryl methyl sites for hydroxylation is 1. The number of pyridine rings is 1. The van der Waals surface area contributed by atoms with Crippen LogP contribution in [0, 0.1) is 6.92 Å². The normalized spacial score (nSPS) is 10.5. The molecule has 0 aliphatic carbocycles. The van der Waals surface area contributed by atoms with Gasteiger partial charge < -0.3 is 11.1 Å². The third-order valence-electron chi connectivity index (χ3n) is 4.51. The molecule has 0 aliphatic rings. The molecule has 1 amide bonds. The van der Waals surface area contributed by atoms with E-state index in [4.69, 9.17) is 5.73 Å². The van der Waals surface area contributed by atoms with E-state index >= 15 is 0 Å². The van der Waals surface area contributed by atoms with E-state index in [1.807, 2.05) is 54.6 Å². The van der Waals surface area contributed by atoms with Gasteiger partial charge in [-0.25, -0.2) is 9.97 Å². The molecule has 3 N–H and O–H groups in total. The molecule has 2 heterocycles. The summed E-state index contributed by atoms with van der Waals surface area (Å²) in [6, 6.07) is 20.9. The van der Waals surface area contributed by atoms with Crippen LogP contribution in [0.15, 0.2) is 79.3 Å². The van der Waals surface area contributed by atoms with Gasteiger partial charge in [-0.05, 0) is 43.3 Å². The Morgan fingerprint density at radius 1 is 0.828 bits per heavy atom. The Kier molecular flexibility index (Phi) is 4.99. The number of carbonyl (C=O) groups is 1. The number of primary amides is 1. The molecule has 29 heavy (non-hydrogen) atoms. The first-order valence-electron chi connectivity index (χ1n) is 9.11. The average molecular weight is 381 g/mol. The number of nitrogens with one attached hydrogen (secondary N) is 1. The smallest absolute Gasteiger partial charge is 0.248 e. The SMILES string of the molecule is Cc1ccc(Nc2cc(-c3ccnc(-c4ccc(C(N)=O)cc4)c3)ncn2)cc1. The second-order valence-corrected chi connectivity index (χ2v) is 6.65. The first-order chi connectivity index (χ1) is 14.1. The van der Waals surface area contributed by atoms with Crippen molar-refractivity contribution in [1.82, 2.24) is 15.0 Å². The Balaban J connectivity index is 1.61. The van der Waals surface area contributed by atoms with Gasteiger partial charge in [-0.1, -0.05) is 29.8 Å². The standard InChI is InChI=1S/C23H19N5O/c1-15-2-8-19(9-3-15)28-22-13-21(26-14-27-22)18-10-11-25-20(12-18)16-4-6-17(7-5-16)23(24)29/h2-14H,1H3,(H2,24,29)(H,26,27,28). The lowest BCUT2D eigenvalue weighted by Crippen LogP contribution is -2.10. The van der Waals surface area contributed by atoms with E-state index in [2.05, 4.69) is 27.2 Å². The molecule has 0 spiro atoms. The minimum atomic E-state index is -0.451. The maximum absolute atomic E-state index is 11.3. The number of nitrogens with two attached hydrogens (primary N) is 1. The van der Waals surface area contributed by atoms with E-state index in [1.54, 1.807) is 18.3 Å². The Labute approximate surface area is 168 Å². The summed E-state index contributed by atoms with van der Waals surface area (Å²) in [7, 11) is 0. The highest BCUT2D eigenvalue weighted by Crippen LogP contribution is 2.25. The molecule has 0 fully saturated rings. The van der Waals surface area contributed by atoms with Gasteiger partial charge in [0.25, 0.3) is 0 Å². The van der Waals surface area contributed by atoms with Crippen LogP contribution in [0.1, 0.15) is 15.9 Å². The van der Waals surface area contributed by atoms with Crippen molar-refractivity contribution >= 4 is 17.4 Å². The molecular weight excluding hydrogens is 362 g/mol. The number of nitrogens with zero attached hydrogens (tertiary/aromatic N) is 3. The fourth-order valence-corrected chi connectivity index (χ4v) is 2.92. The zero-order valence-electron chi connectivity index (χ0n) is 15.8. The Morgan fingerprint density at radius 2 is 1.55 bits per heavy atom. The predicted molar refractivity (Wildman–Crippen MR) is 114 cm³/mol. The van der Waals surface area contributed by atoms with Crippen LogP contribution in [0.5, 0.6) is 0 Å². The summed E-state index contributed by atoms with van der Waals surface area (Å²) in [6.07, 6.45) is 3.27. The van der Waals surface area contributed by atoms with Crippen molar-refractivity contribution < 1.29 is 4.79 Å². The van der Waals surface area contributed by atoms with Crippen LogP contribution in [0.4, 0.5) is 11.5 Å². The van der Waals surface area contributed by atoms with Gasteiger partial charge in [-0.15, -0.1) is 0 Å². The lowest BCUT2D eigenvalue weighted by molar-refractivity contribution is 0.100. The average Bonchev–Trinajstić information content (AvgIpc) is 2.76. The summed E-state index contributed by atoms with van der Waals surface area (Å²) in [5.41, 5.74) is 11.3. The Bertz CT molecular complexity index is 1150. The van der Waals surface area contributed by atoms with Gasteiger partial charge in [0.15, 0.2) is 0 Å². The third-order valence-corrected chi connectivity index (χ3v) is 4.51. The summed E-state index contributed by atoms with van der Waals surface area (Å²) in [4.78, 5) is 24.4. The highest BCUT2D eigenvalue weighted by molar-refractivity contribution is 5.93. The van der Waals surface area contributed by atoms with Gasteiger partial charge in [-0.2, -0.15) is 0 Å². The van der Waals surface area contributed by atoms with Crippen LogP contribution < -0.4 is 11.1 Å². The summed E-state index contributed by atoms with van der Waals surface area (Å²) >= 11 is 0. The number of amides is 1. The van der Waals surface area contributed by atoms with E-state index in [9.17, 15) is 4.79 Å². The molecule has 2 aromatic heterocycles. The van der Waals surface area contributed by atoms with Crippen molar-refractivity contribution in [3.05, 3.63) is 90.4 Å². The van der Waals surface area contributed by atoms with Crippen LogP contribution in [0.2, 0.25) is 0 Å². The summed E-state index contributed by atoms with van der Waals surface area (Å²) in [5.74, 6) is 0.260. The molecular formula is C23H19N5O. The van der Waals surface area contributed by atoms with Crippen molar-refractivity contribution in [3.63, 3.8) is 0 Å². The monoisotopic (exact) mass is 381 g/mol. The second-order valence-electron chi connectivity index (χ2n) is 6.65. The Hall–Kier alpha value is -4.06. The van der Waals surface area contributed by atoms with Crippen molar-refractivity contribution in [2.75, 3.05) is 5.32 Å². The molecule has 2 aromatic carbocycles. The lowest BCUT2D eigenvalue weighted by Gasteiger charge is -2.08. The zero-order chi connectivity index (χ0) is 20.2. The van der Waals surface area contributed by atoms with Crippen LogP contribution in [0.3, 0.4) is 0 Å². The highest BCUT2D eigenvalue weighted by atomic mass is 16.1. The fraction of sp³-hybridized carbons (Fsp3) is 0.0435. The van der Waals surface area contributed by atoms with Crippen molar-refractivity contribution in [1.29, 1.82) is 0 Å². The molecule has 0 saturated heterocycles. The first kappa shape index (κ1) is 18.3. The van der Waals surface area contributed by atoms with E-state index in [0.717, 1.165) is 28.2 Å². The summed E-state index contributed by atoms with van der Waals surface area (Å²) in [5, 5.41) is 3.29. The molecule has 0 unspecified atom stereocenters. The van der Waals surface area contributed by atoms with Crippen LogP contribution in [-0.2, 0) is 0 Å². The fourth-order valence-electron chi connectivity index (χ4n) is 2.92. The molecule has 0 saturated carbocycles.